The van der Waals surface area contributed by atoms with Gasteiger partial charge in [0.05, 0.1) is 26.0 Å². The molecule has 1 aliphatic heterocycles. The Morgan fingerprint density at radius 1 is 1.50 bits per heavy atom. The van der Waals surface area contributed by atoms with Crippen LogP contribution in [0.1, 0.15) is 17.8 Å². The first-order chi connectivity index (χ1) is 6.90. The van der Waals surface area contributed by atoms with E-state index in [9.17, 15) is 0 Å². The Morgan fingerprint density at radius 3 is 3.14 bits per heavy atom. The molecule has 0 saturated carbocycles. The van der Waals surface area contributed by atoms with E-state index in [1.807, 2.05) is 0 Å². The maximum absolute atomic E-state index is 5.58. The molecule has 5 heteroatoms. The zero-order valence-corrected chi connectivity index (χ0v) is 8.50. The summed E-state index contributed by atoms with van der Waals surface area (Å²) in [5, 5.41) is 0. The van der Waals surface area contributed by atoms with Gasteiger partial charge in [-0.3, -0.25) is 0 Å². The summed E-state index contributed by atoms with van der Waals surface area (Å²) < 4.78 is 16.2. The fraction of sp³-hybridized carbons (Fsp3) is 0.667. The fourth-order valence-corrected chi connectivity index (χ4v) is 1.48. The first kappa shape index (κ1) is 9.96. The molecule has 1 saturated heterocycles. The number of aromatic nitrogens is 1. The smallest absolute Gasteiger partial charge is 0.195 e. The van der Waals surface area contributed by atoms with Crippen molar-refractivity contribution in [2.75, 3.05) is 25.7 Å². The van der Waals surface area contributed by atoms with Gasteiger partial charge >= 0.3 is 0 Å². The molecule has 1 aliphatic rings. The monoisotopic (exact) mass is 217 g/mol. The maximum Gasteiger partial charge on any atom is 0.195 e. The fourth-order valence-electron chi connectivity index (χ4n) is 1.32. The molecule has 1 unspecified atom stereocenters. The molecule has 1 aromatic heterocycles. The van der Waals surface area contributed by atoms with Crippen LogP contribution < -0.4 is 0 Å². The predicted octanol–water partition coefficient (Wildman–Crippen LogP) is 1.54. The summed E-state index contributed by atoms with van der Waals surface area (Å²) >= 11 is 5.58. The molecule has 0 aliphatic carbocycles. The zero-order chi connectivity index (χ0) is 9.80. The Kier molecular flexibility index (Phi) is 3.39. The van der Waals surface area contributed by atoms with Crippen LogP contribution in [0.2, 0.25) is 0 Å². The second-order valence-corrected chi connectivity index (χ2v) is 3.41. The summed E-state index contributed by atoms with van der Waals surface area (Å²) in [6.45, 7) is 1.80. The number of nitrogens with zero attached hydrogens (tertiary/aromatic N) is 1. The van der Waals surface area contributed by atoms with Crippen molar-refractivity contribution in [1.82, 2.24) is 4.98 Å². The standard InChI is InChI=1S/C9H12ClNO3/c10-2-1-9-11-5-7(14-9)8-6-12-3-4-13-8/h5,8H,1-4,6H2. The number of hydrogen-bond donors (Lipinski definition) is 0. The molecular formula is C9H12ClNO3. The molecule has 2 heterocycles. The molecule has 0 aromatic carbocycles. The third-order valence-corrected chi connectivity index (χ3v) is 2.20. The van der Waals surface area contributed by atoms with Crippen LogP contribution >= 0.6 is 11.6 Å². The molecule has 0 spiro atoms. The lowest BCUT2D eigenvalue weighted by molar-refractivity contribution is -0.0978. The number of ether oxygens (including phenoxy) is 2. The van der Waals surface area contributed by atoms with Crippen LogP contribution in [0.3, 0.4) is 0 Å². The van der Waals surface area contributed by atoms with E-state index in [1.54, 1.807) is 6.20 Å². The Balaban J connectivity index is 2.00. The van der Waals surface area contributed by atoms with E-state index < -0.39 is 0 Å². The largest absolute Gasteiger partial charge is 0.443 e. The van der Waals surface area contributed by atoms with Crippen molar-refractivity contribution < 1.29 is 13.9 Å². The second-order valence-electron chi connectivity index (χ2n) is 3.03. The number of hydrogen-bond acceptors (Lipinski definition) is 4. The summed E-state index contributed by atoms with van der Waals surface area (Å²) in [4.78, 5) is 4.09. The zero-order valence-electron chi connectivity index (χ0n) is 7.74. The molecule has 1 atom stereocenters. The minimum atomic E-state index is -0.111. The molecule has 0 bridgehead atoms. The molecule has 0 N–H and O–H groups in total. The van der Waals surface area contributed by atoms with Crippen molar-refractivity contribution in [3.8, 4) is 0 Å². The molecule has 1 fully saturated rings. The van der Waals surface area contributed by atoms with E-state index in [1.165, 1.54) is 0 Å². The van der Waals surface area contributed by atoms with E-state index in [0.717, 1.165) is 5.76 Å². The van der Waals surface area contributed by atoms with Crippen LogP contribution in [0, 0.1) is 0 Å². The van der Waals surface area contributed by atoms with Gasteiger partial charge in [-0.15, -0.1) is 11.6 Å². The van der Waals surface area contributed by atoms with Gasteiger partial charge in [0.2, 0.25) is 0 Å². The van der Waals surface area contributed by atoms with Crippen LogP contribution in [0.15, 0.2) is 10.6 Å². The van der Waals surface area contributed by atoms with Crippen LogP contribution in [0.5, 0.6) is 0 Å². The first-order valence-electron chi connectivity index (χ1n) is 4.60. The Labute approximate surface area is 87.2 Å². The number of rotatable bonds is 3. The van der Waals surface area contributed by atoms with Gasteiger partial charge in [-0.2, -0.15) is 0 Å². The summed E-state index contributed by atoms with van der Waals surface area (Å²) in [6, 6.07) is 0. The van der Waals surface area contributed by atoms with Crippen molar-refractivity contribution in [2.45, 2.75) is 12.5 Å². The van der Waals surface area contributed by atoms with E-state index >= 15 is 0 Å². The Bertz CT molecular complexity index is 283. The summed E-state index contributed by atoms with van der Waals surface area (Å²) in [5.74, 6) is 1.90. The highest BCUT2D eigenvalue weighted by Crippen LogP contribution is 2.21. The highest BCUT2D eigenvalue weighted by atomic mass is 35.5. The Hall–Kier alpha value is -0.580. The molecule has 4 nitrogen and oxygen atoms in total. The average molecular weight is 218 g/mol. The van der Waals surface area contributed by atoms with E-state index in [0.29, 0.717) is 38.0 Å². The quantitative estimate of drug-likeness (QED) is 0.721. The van der Waals surface area contributed by atoms with Crippen LogP contribution in [-0.2, 0) is 15.9 Å². The topological polar surface area (TPSA) is 44.5 Å². The predicted molar refractivity (Wildman–Crippen MR) is 50.4 cm³/mol. The lowest BCUT2D eigenvalue weighted by Gasteiger charge is -2.20. The highest BCUT2D eigenvalue weighted by Gasteiger charge is 2.20. The average Bonchev–Trinajstić information content (AvgIpc) is 2.68. The van der Waals surface area contributed by atoms with E-state index in [4.69, 9.17) is 25.5 Å². The second kappa shape index (κ2) is 4.77. The third kappa shape index (κ3) is 2.26. The van der Waals surface area contributed by atoms with Gasteiger partial charge in [0.25, 0.3) is 0 Å². The highest BCUT2D eigenvalue weighted by molar-refractivity contribution is 6.17. The molecule has 1 aromatic rings. The van der Waals surface area contributed by atoms with Crippen molar-refractivity contribution in [1.29, 1.82) is 0 Å². The van der Waals surface area contributed by atoms with Crippen LogP contribution in [-0.4, -0.2) is 30.7 Å². The molecule has 0 radical (unpaired) electrons. The van der Waals surface area contributed by atoms with Crippen molar-refractivity contribution >= 4 is 11.6 Å². The van der Waals surface area contributed by atoms with Gasteiger partial charge in [0.15, 0.2) is 11.7 Å². The number of alkyl halides is 1. The molecular weight excluding hydrogens is 206 g/mol. The van der Waals surface area contributed by atoms with Crippen LogP contribution in [0.4, 0.5) is 0 Å². The maximum atomic E-state index is 5.58. The minimum absolute atomic E-state index is 0.111. The third-order valence-electron chi connectivity index (χ3n) is 2.01. The lowest BCUT2D eigenvalue weighted by atomic mass is 10.3. The number of halogens is 1. The molecule has 2 rings (SSSR count). The molecule has 14 heavy (non-hydrogen) atoms. The van der Waals surface area contributed by atoms with Crippen molar-refractivity contribution in [2.24, 2.45) is 0 Å². The van der Waals surface area contributed by atoms with Gasteiger partial charge in [0, 0.05) is 12.3 Å². The lowest BCUT2D eigenvalue weighted by Crippen LogP contribution is -2.21. The SMILES string of the molecule is ClCCc1ncc(C2COCCO2)o1. The van der Waals surface area contributed by atoms with E-state index in [-0.39, 0.29) is 6.10 Å². The number of aryl methyl sites for hydroxylation is 1. The normalized spacial score (nSPS) is 22.5. The van der Waals surface area contributed by atoms with Crippen LogP contribution in [0.25, 0.3) is 0 Å². The first-order valence-corrected chi connectivity index (χ1v) is 5.13. The summed E-state index contributed by atoms with van der Waals surface area (Å²) in [5.41, 5.74) is 0. The van der Waals surface area contributed by atoms with Gasteiger partial charge in [-0.05, 0) is 0 Å². The minimum Gasteiger partial charge on any atom is -0.443 e. The van der Waals surface area contributed by atoms with Crippen molar-refractivity contribution in [3.63, 3.8) is 0 Å². The van der Waals surface area contributed by atoms with E-state index in [2.05, 4.69) is 4.98 Å². The number of oxazole rings is 1. The van der Waals surface area contributed by atoms with Gasteiger partial charge in [0.1, 0.15) is 6.10 Å². The molecule has 0 amide bonds. The van der Waals surface area contributed by atoms with Crippen molar-refractivity contribution in [3.05, 3.63) is 17.8 Å². The Morgan fingerprint density at radius 2 is 2.43 bits per heavy atom. The summed E-state index contributed by atoms with van der Waals surface area (Å²) in [7, 11) is 0. The van der Waals surface area contributed by atoms with Gasteiger partial charge in [-0.25, -0.2) is 4.98 Å². The molecule has 78 valence electrons. The summed E-state index contributed by atoms with van der Waals surface area (Å²) in [6.07, 6.45) is 2.22. The van der Waals surface area contributed by atoms with Gasteiger partial charge in [-0.1, -0.05) is 0 Å². The van der Waals surface area contributed by atoms with Gasteiger partial charge < -0.3 is 13.9 Å².